The molecule has 2 aromatic carbocycles. The van der Waals surface area contributed by atoms with Crippen LogP contribution in [0.2, 0.25) is 0 Å². The fourth-order valence-corrected chi connectivity index (χ4v) is 3.55. The van der Waals surface area contributed by atoms with E-state index < -0.39 is 0 Å². The molecule has 1 fully saturated rings. The second-order valence-electron chi connectivity index (χ2n) is 6.40. The second kappa shape index (κ2) is 7.17. The molecule has 3 aromatic rings. The number of ether oxygens (including phenoxy) is 1. The van der Waals surface area contributed by atoms with Gasteiger partial charge in [-0.25, -0.2) is 0 Å². The average molecular weight is 344 g/mol. The zero-order valence-electron chi connectivity index (χ0n) is 14.4. The number of hydrogen-bond acceptors (Lipinski definition) is 4. The first kappa shape index (κ1) is 16.6. The van der Waals surface area contributed by atoms with Gasteiger partial charge in [-0.1, -0.05) is 36.3 Å². The van der Waals surface area contributed by atoms with Gasteiger partial charge in [-0.3, -0.25) is 9.88 Å². The summed E-state index contributed by atoms with van der Waals surface area (Å²) in [4.78, 5) is 6.70. The zero-order chi connectivity index (χ0) is 17.9. The van der Waals surface area contributed by atoms with Crippen LogP contribution in [0.25, 0.3) is 10.9 Å². The lowest BCUT2D eigenvalue weighted by Gasteiger charge is -2.35. The monoisotopic (exact) mass is 344 g/mol. The first-order valence-electron chi connectivity index (χ1n) is 8.73. The average Bonchev–Trinajstić information content (AvgIpc) is 2.71. The van der Waals surface area contributed by atoms with Gasteiger partial charge in [0.2, 0.25) is 0 Å². The lowest BCUT2D eigenvalue weighted by Crippen LogP contribution is -2.39. The minimum Gasteiger partial charge on any atom is -0.505 e. The molecule has 26 heavy (non-hydrogen) atoms. The molecule has 1 N–H and O–H groups in total. The molecule has 0 bridgehead atoms. The van der Waals surface area contributed by atoms with E-state index in [-0.39, 0.29) is 11.8 Å². The number of phenols is 1. The number of pyridine rings is 1. The second-order valence-corrected chi connectivity index (χ2v) is 6.40. The summed E-state index contributed by atoms with van der Waals surface area (Å²) >= 11 is 0. The third kappa shape index (κ3) is 3.03. The molecule has 1 saturated heterocycles. The number of terminal acetylenes is 1. The molecule has 1 aliphatic heterocycles. The zero-order valence-corrected chi connectivity index (χ0v) is 14.4. The van der Waals surface area contributed by atoms with Gasteiger partial charge < -0.3 is 9.84 Å². The molecule has 4 heteroatoms. The molecular weight excluding hydrogens is 324 g/mol. The van der Waals surface area contributed by atoms with E-state index in [2.05, 4.69) is 15.8 Å². The molecular formula is C22H20N2O2. The number of benzene rings is 2. The van der Waals surface area contributed by atoms with Gasteiger partial charge in [0, 0.05) is 35.8 Å². The standard InChI is InChI=1S/C22H20N2O2/c1-2-16-5-7-18(8-6-16)21(24-12-14-26-15-13-24)19-10-9-17-4-3-11-23-20(17)22(19)25/h1,3-11,21,25H,12-15H2. The summed E-state index contributed by atoms with van der Waals surface area (Å²) in [6.45, 7) is 2.99. The third-order valence-electron chi connectivity index (χ3n) is 4.88. The quantitative estimate of drug-likeness (QED) is 0.740. The van der Waals surface area contributed by atoms with Crippen LogP contribution in [0.3, 0.4) is 0 Å². The van der Waals surface area contributed by atoms with Crippen LogP contribution in [0.5, 0.6) is 5.75 Å². The summed E-state index contributed by atoms with van der Waals surface area (Å²) in [6.07, 6.45) is 7.20. The Bertz CT molecular complexity index is 954. The van der Waals surface area contributed by atoms with Gasteiger partial charge in [0.25, 0.3) is 0 Å². The maximum Gasteiger partial charge on any atom is 0.146 e. The highest BCUT2D eigenvalue weighted by Crippen LogP contribution is 2.38. The van der Waals surface area contributed by atoms with E-state index in [1.165, 1.54) is 0 Å². The first-order valence-corrected chi connectivity index (χ1v) is 8.73. The SMILES string of the molecule is C#Cc1ccc(C(c2ccc3cccnc3c2O)N2CCOCC2)cc1. The summed E-state index contributed by atoms with van der Waals surface area (Å²) in [6, 6.07) is 15.7. The fourth-order valence-electron chi connectivity index (χ4n) is 3.55. The van der Waals surface area contributed by atoms with Crippen molar-refractivity contribution in [2.45, 2.75) is 6.04 Å². The van der Waals surface area contributed by atoms with Gasteiger partial charge in [-0.05, 0) is 23.8 Å². The van der Waals surface area contributed by atoms with E-state index in [4.69, 9.17) is 11.2 Å². The van der Waals surface area contributed by atoms with E-state index in [1.807, 2.05) is 48.5 Å². The normalized spacial score (nSPS) is 16.3. The van der Waals surface area contributed by atoms with Crippen LogP contribution in [0.1, 0.15) is 22.7 Å². The summed E-state index contributed by atoms with van der Waals surface area (Å²) in [7, 11) is 0. The van der Waals surface area contributed by atoms with Crippen LogP contribution < -0.4 is 0 Å². The van der Waals surface area contributed by atoms with Crippen molar-refractivity contribution >= 4 is 10.9 Å². The number of hydrogen-bond donors (Lipinski definition) is 1. The maximum atomic E-state index is 11.0. The Kier molecular flexibility index (Phi) is 4.57. The van der Waals surface area contributed by atoms with Crippen LogP contribution in [-0.2, 0) is 4.74 Å². The van der Waals surface area contributed by atoms with E-state index in [1.54, 1.807) is 6.20 Å². The summed E-state index contributed by atoms with van der Waals surface area (Å²) < 4.78 is 5.52. The predicted octanol–water partition coefficient (Wildman–Crippen LogP) is 3.34. The Morgan fingerprint density at radius 2 is 1.85 bits per heavy atom. The van der Waals surface area contributed by atoms with Crippen molar-refractivity contribution in [3.05, 3.63) is 71.4 Å². The predicted molar refractivity (Wildman–Crippen MR) is 102 cm³/mol. The molecule has 130 valence electrons. The molecule has 1 aromatic heterocycles. The number of aromatic nitrogens is 1. The highest BCUT2D eigenvalue weighted by Gasteiger charge is 2.27. The Balaban J connectivity index is 1.84. The van der Waals surface area contributed by atoms with Gasteiger partial charge in [-0.2, -0.15) is 0 Å². The van der Waals surface area contributed by atoms with Gasteiger partial charge in [0.05, 0.1) is 19.3 Å². The van der Waals surface area contributed by atoms with Crippen LogP contribution in [-0.4, -0.2) is 41.3 Å². The molecule has 1 aliphatic rings. The number of fused-ring (bicyclic) bond motifs is 1. The summed E-state index contributed by atoms with van der Waals surface area (Å²) in [5.74, 6) is 2.89. The minimum absolute atomic E-state index is 0.0721. The molecule has 4 rings (SSSR count). The van der Waals surface area contributed by atoms with Crippen molar-refractivity contribution in [1.82, 2.24) is 9.88 Å². The summed E-state index contributed by atoms with van der Waals surface area (Å²) in [5.41, 5.74) is 3.42. The highest BCUT2D eigenvalue weighted by atomic mass is 16.5. The molecule has 2 heterocycles. The Morgan fingerprint density at radius 1 is 1.08 bits per heavy atom. The molecule has 0 radical (unpaired) electrons. The lowest BCUT2D eigenvalue weighted by atomic mass is 9.94. The smallest absolute Gasteiger partial charge is 0.146 e. The largest absolute Gasteiger partial charge is 0.505 e. The molecule has 1 atom stereocenters. The maximum absolute atomic E-state index is 11.0. The number of morpholine rings is 1. The van der Waals surface area contributed by atoms with Crippen LogP contribution in [0.4, 0.5) is 0 Å². The number of phenolic OH excluding ortho intramolecular Hbond substituents is 1. The van der Waals surface area contributed by atoms with E-state index in [0.29, 0.717) is 18.7 Å². The number of nitrogens with zero attached hydrogens (tertiary/aromatic N) is 2. The van der Waals surface area contributed by atoms with Crippen LogP contribution in [0.15, 0.2) is 54.7 Å². The lowest BCUT2D eigenvalue weighted by molar-refractivity contribution is 0.0236. The Morgan fingerprint density at radius 3 is 2.58 bits per heavy atom. The van der Waals surface area contributed by atoms with Crippen LogP contribution in [0, 0.1) is 12.3 Å². The highest BCUT2D eigenvalue weighted by molar-refractivity contribution is 5.85. The first-order chi connectivity index (χ1) is 12.8. The van der Waals surface area contributed by atoms with Crippen molar-refractivity contribution in [2.75, 3.05) is 26.3 Å². The number of rotatable bonds is 3. The molecule has 0 aliphatic carbocycles. The topological polar surface area (TPSA) is 45.6 Å². The van der Waals surface area contributed by atoms with Gasteiger partial charge >= 0.3 is 0 Å². The molecule has 4 nitrogen and oxygen atoms in total. The van der Waals surface area contributed by atoms with E-state index in [9.17, 15) is 5.11 Å². The van der Waals surface area contributed by atoms with Crippen molar-refractivity contribution in [2.24, 2.45) is 0 Å². The van der Waals surface area contributed by atoms with Crippen LogP contribution >= 0.6 is 0 Å². The van der Waals surface area contributed by atoms with Gasteiger partial charge in [0.1, 0.15) is 11.3 Å². The van der Waals surface area contributed by atoms with E-state index in [0.717, 1.165) is 35.2 Å². The van der Waals surface area contributed by atoms with Crippen molar-refractivity contribution in [3.63, 3.8) is 0 Å². The fraction of sp³-hybridized carbons (Fsp3) is 0.227. The summed E-state index contributed by atoms with van der Waals surface area (Å²) in [5, 5.41) is 11.9. The molecule has 1 unspecified atom stereocenters. The van der Waals surface area contributed by atoms with E-state index >= 15 is 0 Å². The van der Waals surface area contributed by atoms with Crippen molar-refractivity contribution in [3.8, 4) is 18.1 Å². The Labute approximate surface area is 153 Å². The molecule has 0 saturated carbocycles. The number of aromatic hydroxyl groups is 1. The van der Waals surface area contributed by atoms with Gasteiger partial charge in [0.15, 0.2) is 0 Å². The molecule has 0 amide bonds. The van der Waals surface area contributed by atoms with Gasteiger partial charge in [-0.15, -0.1) is 6.42 Å². The van der Waals surface area contributed by atoms with Crippen molar-refractivity contribution in [1.29, 1.82) is 0 Å². The Hall–Kier alpha value is -2.87. The third-order valence-corrected chi connectivity index (χ3v) is 4.88. The molecule has 0 spiro atoms. The minimum atomic E-state index is -0.0721. The van der Waals surface area contributed by atoms with Crippen molar-refractivity contribution < 1.29 is 9.84 Å².